The van der Waals surface area contributed by atoms with E-state index in [0.717, 1.165) is 17.5 Å². The zero-order chi connectivity index (χ0) is 22.3. The number of hydrogen-bond donors (Lipinski definition) is 3. The minimum atomic E-state index is -0.780. The van der Waals surface area contributed by atoms with E-state index in [0.29, 0.717) is 18.0 Å². The molecule has 1 aliphatic rings. The standard InChI is InChI=1S/C26H27N3O3.ClH/c27-23-16-22(23)20-11-13-21(14-12-20)28-25(30)24(15-18-7-3-1-4-8-18)29-26(31)32-17-19-9-5-2-6-10-19;/h1-14,22-24H,15-17,27H2,(H,28,30)(H,29,31);1H/t22-,23-,24?;/m0./s1. The Morgan fingerprint density at radius 3 is 2.06 bits per heavy atom. The lowest BCUT2D eigenvalue weighted by Crippen LogP contribution is -2.45. The largest absolute Gasteiger partial charge is 0.445 e. The Morgan fingerprint density at radius 2 is 1.48 bits per heavy atom. The molecule has 1 fully saturated rings. The lowest BCUT2D eigenvalue weighted by atomic mass is 10.1. The molecule has 4 N–H and O–H groups in total. The number of ether oxygens (including phenoxy) is 1. The second-order valence-electron chi connectivity index (χ2n) is 8.07. The molecule has 4 rings (SSSR count). The molecule has 0 heterocycles. The maximum absolute atomic E-state index is 13.0. The van der Waals surface area contributed by atoms with Gasteiger partial charge in [0.2, 0.25) is 5.91 Å². The fraction of sp³-hybridized carbons (Fsp3) is 0.231. The molecule has 6 nitrogen and oxygen atoms in total. The summed E-state index contributed by atoms with van der Waals surface area (Å²) in [6.45, 7) is 0.136. The van der Waals surface area contributed by atoms with Crippen LogP contribution in [0.3, 0.4) is 0 Å². The Bertz CT molecular complexity index is 1050. The molecule has 0 saturated heterocycles. The molecule has 3 aromatic carbocycles. The molecule has 7 heteroatoms. The van der Waals surface area contributed by atoms with Gasteiger partial charge in [0.1, 0.15) is 12.6 Å². The lowest BCUT2D eigenvalue weighted by molar-refractivity contribution is -0.118. The Kier molecular flexibility index (Phi) is 8.46. The van der Waals surface area contributed by atoms with Crippen molar-refractivity contribution < 1.29 is 14.3 Å². The molecule has 33 heavy (non-hydrogen) atoms. The van der Waals surface area contributed by atoms with Gasteiger partial charge in [-0.25, -0.2) is 4.79 Å². The van der Waals surface area contributed by atoms with E-state index in [4.69, 9.17) is 10.5 Å². The van der Waals surface area contributed by atoms with Crippen molar-refractivity contribution in [2.24, 2.45) is 5.73 Å². The van der Waals surface area contributed by atoms with E-state index in [1.807, 2.05) is 84.9 Å². The van der Waals surface area contributed by atoms with Gasteiger partial charge in [-0.05, 0) is 35.2 Å². The van der Waals surface area contributed by atoms with Crippen molar-refractivity contribution in [3.63, 3.8) is 0 Å². The lowest BCUT2D eigenvalue weighted by Gasteiger charge is -2.19. The molecule has 0 aromatic heterocycles. The van der Waals surface area contributed by atoms with E-state index < -0.39 is 12.1 Å². The second kappa shape index (κ2) is 11.5. The SMILES string of the molecule is Cl.N[C@H]1C[C@H]1c1ccc(NC(=O)C(Cc2ccccc2)NC(=O)OCc2ccccc2)cc1. The van der Waals surface area contributed by atoms with Gasteiger partial charge in [-0.2, -0.15) is 0 Å². The highest BCUT2D eigenvalue weighted by Gasteiger charge is 2.34. The molecule has 172 valence electrons. The van der Waals surface area contributed by atoms with Crippen molar-refractivity contribution in [3.05, 3.63) is 102 Å². The van der Waals surface area contributed by atoms with Crippen LogP contribution in [0.15, 0.2) is 84.9 Å². The van der Waals surface area contributed by atoms with Crippen LogP contribution in [0.1, 0.15) is 29.0 Å². The molecule has 0 aliphatic heterocycles. The van der Waals surface area contributed by atoms with E-state index in [1.54, 1.807) is 0 Å². The Labute approximate surface area is 199 Å². The number of nitrogens with two attached hydrogens (primary N) is 1. The number of amides is 2. The number of benzene rings is 3. The van der Waals surface area contributed by atoms with Gasteiger partial charge in [0.25, 0.3) is 0 Å². The Hall–Kier alpha value is -3.35. The van der Waals surface area contributed by atoms with Crippen LogP contribution in [-0.4, -0.2) is 24.1 Å². The molecular weight excluding hydrogens is 438 g/mol. The highest BCUT2D eigenvalue weighted by atomic mass is 35.5. The number of halogens is 1. The molecule has 3 aromatic rings. The third-order valence-electron chi connectivity index (χ3n) is 5.55. The maximum atomic E-state index is 13.0. The summed E-state index contributed by atoms with van der Waals surface area (Å²) in [4.78, 5) is 25.4. The summed E-state index contributed by atoms with van der Waals surface area (Å²) in [6, 6.07) is 26.1. The van der Waals surface area contributed by atoms with Crippen LogP contribution in [0.5, 0.6) is 0 Å². The van der Waals surface area contributed by atoms with Gasteiger partial charge in [-0.1, -0.05) is 72.8 Å². The van der Waals surface area contributed by atoms with E-state index in [1.165, 1.54) is 5.56 Å². The predicted octanol–water partition coefficient (Wildman–Crippen LogP) is 4.40. The summed E-state index contributed by atoms with van der Waals surface area (Å²) in [5.74, 6) is 0.105. The number of nitrogens with one attached hydrogen (secondary N) is 2. The van der Waals surface area contributed by atoms with Crippen molar-refractivity contribution in [2.75, 3.05) is 5.32 Å². The second-order valence-corrected chi connectivity index (χ2v) is 8.07. The third kappa shape index (κ3) is 7.07. The van der Waals surface area contributed by atoms with Crippen LogP contribution in [0.2, 0.25) is 0 Å². The first kappa shape index (κ1) is 24.3. The van der Waals surface area contributed by atoms with Crippen LogP contribution in [-0.2, 0) is 22.6 Å². The number of carbonyl (C=O) groups excluding carboxylic acids is 2. The van der Waals surface area contributed by atoms with Gasteiger partial charge >= 0.3 is 6.09 Å². The van der Waals surface area contributed by atoms with Crippen LogP contribution < -0.4 is 16.4 Å². The van der Waals surface area contributed by atoms with Crippen LogP contribution in [0, 0.1) is 0 Å². The van der Waals surface area contributed by atoms with Crippen LogP contribution in [0.4, 0.5) is 10.5 Å². The first-order valence-corrected chi connectivity index (χ1v) is 10.8. The molecule has 3 atom stereocenters. The zero-order valence-electron chi connectivity index (χ0n) is 18.1. The third-order valence-corrected chi connectivity index (χ3v) is 5.55. The first-order valence-electron chi connectivity index (χ1n) is 10.8. The smallest absolute Gasteiger partial charge is 0.408 e. The van der Waals surface area contributed by atoms with Gasteiger partial charge in [0.15, 0.2) is 0 Å². The molecule has 1 unspecified atom stereocenters. The summed E-state index contributed by atoms with van der Waals surface area (Å²) in [6.07, 6.45) is 0.713. The summed E-state index contributed by atoms with van der Waals surface area (Å²) in [5.41, 5.74) is 9.58. The van der Waals surface area contributed by atoms with Gasteiger partial charge in [-0.3, -0.25) is 4.79 Å². The summed E-state index contributed by atoms with van der Waals surface area (Å²) >= 11 is 0. The molecule has 1 aliphatic carbocycles. The van der Waals surface area contributed by atoms with Crippen molar-refractivity contribution >= 4 is 30.1 Å². The summed E-state index contributed by atoms with van der Waals surface area (Å²) in [5, 5.41) is 5.61. The normalized spacial score (nSPS) is 17.2. The topological polar surface area (TPSA) is 93.5 Å². The quantitative estimate of drug-likeness (QED) is 0.459. The van der Waals surface area contributed by atoms with Crippen LogP contribution in [0.25, 0.3) is 0 Å². The summed E-state index contributed by atoms with van der Waals surface area (Å²) < 4.78 is 5.31. The average Bonchev–Trinajstić information content (AvgIpc) is 3.55. The van der Waals surface area contributed by atoms with Gasteiger partial charge < -0.3 is 21.1 Å². The highest BCUT2D eigenvalue weighted by Crippen LogP contribution is 2.39. The Morgan fingerprint density at radius 1 is 0.909 bits per heavy atom. The van der Waals surface area contributed by atoms with Crippen molar-refractivity contribution in [1.82, 2.24) is 5.32 Å². The molecule has 1 saturated carbocycles. The maximum Gasteiger partial charge on any atom is 0.408 e. The predicted molar refractivity (Wildman–Crippen MR) is 131 cm³/mol. The Balaban J connectivity index is 0.00000306. The molecule has 0 spiro atoms. The van der Waals surface area contributed by atoms with Crippen molar-refractivity contribution in [1.29, 1.82) is 0 Å². The monoisotopic (exact) mass is 465 g/mol. The number of anilines is 1. The van der Waals surface area contributed by atoms with Crippen LogP contribution >= 0.6 is 12.4 Å². The van der Waals surface area contributed by atoms with Crippen molar-refractivity contribution in [2.45, 2.75) is 37.5 Å². The van der Waals surface area contributed by atoms with E-state index in [9.17, 15) is 9.59 Å². The van der Waals surface area contributed by atoms with E-state index in [-0.39, 0.29) is 31.0 Å². The number of hydrogen-bond acceptors (Lipinski definition) is 4. The fourth-order valence-electron chi connectivity index (χ4n) is 3.61. The summed E-state index contributed by atoms with van der Waals surface area (Å²) in [7, 11) is 0. The molecule has 0 radical (unpaired) electrons. The van der Waals surface area contributed by atoms with Crippen molar-refractivity contribution in [3.8, 4) is 0 Å². The number of rotatable bonds is 8. The highest BCUT2D eigenvalue weighted by molar-refractivity contribution is 5.96. The van der Waals surface area contributed by atoms with E-state index >= 15 is 0 Å². The van der Waals surface area contributed by atoms with Gasteiger partial charge in [0, 0.05) is 24.1 Å². The zero-order valence-corrected chi connectivity index (χ0v) is 19.0. The average molecular weight is 466 g/mol. The van der Waals surface area contributed by atoms with E-state index in [2.05, 4.69) is 10.6 Å². The first-order chi connectivity index (χ1) is 15.6. The minimum Gasteiger partial charge on any atom is -0.445 e. The minimum absolute atomic E-state index is 0. The number of carbonyl (C=O) groups is 2. The fourth-order valence-corrected chi connectivity index (χ4v) is 3.61. The van der Waals surface area contributed by atoms with Gasteiger partial charge in [0.05, 0.1) is 0 Å². The number of alkyl carbamates (subject to hydrolysis) is 1. The molecular formula is C26H28ClN3O3. The van der Waals surface area contributed by atoms with Gasteiger partial charge in [-0.15, -0.1) is 12.4 Å². The molecule has 0 bridgehead atoms. The molecule has 2 amide bonds.